The number of halogens is 3. The molecule has 0 saturated heterocycles. The van der Waals surface area contributed by atoms with Crippen LogP contribution >= 0.6 is 11.6 Å². The highest BCUT2D eigenvalue weighted by molar-refractivity contribution is 6.30. The van der Waals surface area contributed by atoms with E-state index >= 15 is 0 Å². The first-order valence-corrected chi connectivity index (χ1v) is 5.69. The minimum atomic E-state index is -0.723. The number of nitrogens with two attached hydrogens (primary N) is 1. The van der Waals surface area contributed by atoms with Gasteiger partial charge in [-0.05, 0) is 24.3 Å². The molecule has 3 rings (SSSR count). The van der Waals surface area contributed by atoms with Crippen molar-refractivity contribution in [1.82, 2.24) is 14.6 Å². The normalized spacial score (nSPS) is 11.1. The van der Waals surface area contributed by atoms with Gasteiger partial charge in [0.1, 0.15) is 11.6 Å². The molecule has 3 aromatic rings. The van der Waals surface area contributed by atoms with Crippen molar-refractivity contribution in [1.29, 1.82) is 0 Å². The van der Waals surface area contributed by atoms with Crippen LogP contribution < -0.4 is 5.73 Å². The smallest absolute Gasteiger partial charge is 0.171 e. The van der Waals surface area contributed by atoms with E-state index in [0.29, 0.717) is 11.3 Å². The molecule has 2 heterocycles. The molecule has 7 heteroatoms. The Morgan fingerprint density at radius 2 is 1.89 bits per heavy atom. The highest BCUT2D eigenvalue weighted by Gasteiger charge is 2.15. The minimum Gasteiger partial charge on any atom is -0.398 e. The third-order valence-electron chi connectivity index (χ3n) is 2.68. The molecule has 96 valence electrons. The Hall–Kier alpha value is -2.21. The number of fused-ring (bicyclic) bond motifs is 1. The van der Waals surface area contributed by atoms with E-state index in [9.17, 15) is 8.78 Å². The van der Waals surface area contributed by atoms with Crippen molar-refractivity contribution in [3.8, 4) is 11.4 Å². The second-order valence-electron chi connectivity index (χ2n) is 3.96. The molecule has 0 aliphatic heterocycles. The van der Waals surface area contributed by atoms with E-state index < -0.39 is 11.6 Å². The number of nitrogens with zero attached hydrogens (tertiary/aromatic N) is 3. The van der Waals surface area contributed by atoms with E-state index in [4.69, 9.17) is 17.3 Å². The molecule has 2 N–H and O–H groups in total. The maximum atomic E-state index is 13.9. The van der Waals surface area contributed by atoms with Crippen molar-refractivity contribution in [3.63, 3.8) is 0 Å². The maximum Gasteiger partial charge on any atom is 0.171 e. The molecule has 0 radical (unpaired) electrons. The Morgan fingerprint density at radius 1 is 1.11 bits per heavy atom. The molecule has 0 aliphatic carbocycles. The summed E-state index contributed by atoms with van der Waals surface area (Å²) in [7, 11) is 0. The second kappa shape index (κ2) is 4.17. The van der Waals surface area contributed by atoms with Crippen LogP contribution in [0.25, 0.3) is 17.0 Å². The van der Waals surface area contributed by atoms with Gasteiger partial charge in [0.05, 0.1) is 10.6 Å². The fourth-order valence-corrected chi connectivity index (χ4v) is 1.94. The van der Waals surface area contributed by atoms with Crippen LogP contribution in [0.3, 0.4) is 0 Å². The summed E-state index contributed by atoms with van der Waals surface area (Å²) < 4.78 is 28.8. The largest absolute Gasteiger partial charge is 0.398 e. The summed E-state index contributed by atoms with van der Waals surface area (Å²) in [5.41, 5.74) is 6.58. The number of hydrogen-bond donors (Lipinski definition) is 1. The summed E-state index contributed by atoms with van der Waals surface area (Å²) >= 11 is 5.51. The van der Waals surface area contributed by atoms with Gasteiger partial charge in [-0.15, -0.1) is 10.2 Å². The molecule has 2 aromatic heterocycles. The molecule has 0 unspecified atom stereocenters. The minimum absolute atomic E-state index is 0.0278. The summed E-state index contributed by atoms with van der Waals surface area (Å²) in [6.07, 6.45) is 1.54. The summed E-state index contributed by atoms with van der Waals surface area (Å²) in [5, 5.41) is 7.43. The molecule has 0 saturated carbocycles. The third kappa shape index (κ3) is 1.90. The van der Waals surface area contributed by atoms with Crippen LogP contribution in [-0.2, 0) is 0 Å². The first-order chi connectivity index (χ1) is 9.06. The SMILES string of the molecule is Nc1ccc2nnc(-c3cc(F)c(Cl)cc3F)n2c1. The number of benzene rings is 1. The van der Waals surface area contributed by atoms with Gasteiger partial charge < -0.3 is 5.73 Å². The first kappa shape index (κ1) is 11.9. The fraction of sp³-hybridized carbons (Fsp3) is 0. The zero-order valence-corrected chi connectivity index (χ0v) is 10.2. The Morgan fingerprint density at radius 3 is 2.68 bits per heavy atom. The highest BCUT2D eigenvalue weighted by atomic mass is 35.5. The third-order valence-corrected chi connectivity index (χ3v) is 2.97. The van der Waals surface area contributed by atoms with E-state index in [1.54, 1.807) is 12.1 Å². The molecular formula is C12H7ClF2N4. The Balaban J connectivity index is 2.30. The van der Waals surface area contributed by atoms with Crippen LogP contribution in [0.5, 0.6) is 0 Å². The maximum absolute atomic E-state index is 13.9. The van der Waals surface area contributed by atoms with E-state index in [0.717, 1.165) is 12.1 Å². The molecule has 1 aromatic carbocycles. The lowest BCUT2D eigenvalue weighted by Gasteiger charge is -2.04. The van der Waals surface area contributed by atoms with Crippen molar-refractivity contribution in [2.24, 2.45) is 0 Å². The molecule has 4 nitrogen and oxygen atoms in total. The van der Waals surface area contributed by atoms with Gasteiger partial charge in [0, 0.05) is 11.9 Å². The molecule has 0 atom stereocenters. The number of hydrogen-bond acceptors (Lipinski definition) is 3. The molecular weight excluding hydrogens is 274 g/mol. The zero-order valence-electron chi connectivity index (χ0n) is 9.44. The Kier molecular flexibility index (Phi) is 2.60. The van der Waals surface area contributed by atoms with E-state index in [1.807, 2.05) is 0 Å². The summed E-state index contributed by atoms with van der Waals surface area (Å²) in [6, 6.07) is 5.17. The Labute approximate surface area is 111 Å². The fourth-order valence-electron chi connectivity index (χ4n) is 1.78. The van der Waals surface area contributed by atoms with Gasteiger partial charge in [-0.1, -0.05) is 11.6 Å². The average Bonchev–Trinajstić information content (AvgIpc) is 2.76. The van der Waals surface area contributed by atoms with E-state index in [-0.39, 0.29) is 16.4 Å². The first-order valence-electron chi connectivity index (χ1n) is 5.31. The van der Waals surface area contributed by atoms with Gasteiger partial charge in [-0.2, -0.15) is 0 Å². The average molecular weight is 281 g/mol. The van der Waals surface area contributed by atoms with Crippen molar-refractivity contribution >= 4 is 22.9 Å². The molecule has 0 aliphatic rings. The molecule has 19 heavy (non-hydrogen) atoms. The number of nitrogen functional groups attached to an aromatic ring is 1. The lowest BCUT2D eigenvalue weighted by Crippen LogP contribution is -1.96. The van der Waals surface area contributed by atoms with Gasteiger partial charge in [-0.25, -0.2) is 8.78 Å². The van der Waals surface area contributed by atoms with Gasteiger partial charge in [0.25, 0.3) is 0 Å². The molecule has 0 fully saturated rings. The molecule has 0 spiro atoms. The number of rotatable bonds is 1. The predicted molar refractivity (Wildman–Crippen MR) is 67.8 cm³/mol. The van der Waals surface area contributed by atoms with Crippen molar-refractivity contribution in [3.05, 3.63) is 47.1 Å². The highest BCUT2D eigenvalue weighted by Crippen LogP contribution is 2.27. The van der Waals surface area contributed by atoms with Crippen LogP contribution in [0, 0.1) is 11.6 Å². The van der Waals surface area contributed by atoms with Crippen molar-refractivity contribution in [2.75, 3.05) is 5.73 Å². The lowest BCUT2D eigenvalue weighted by molar-refractivity contribution is 0.602. The van der Waals surface area contributed by atoms with Crippen LogP contribution in [0.2, 0.25) is 5.02 Å². The zero-order chi connectivity index (χ0) is 13.6. The standard InChI is InChI=1S/C12H7ClF2N4/c13-8-4-9(14)7(3-10(8)15)12-18-17-11-2-1-6(16)5-19(11)12/h1-5H,16H2. The summed E-state index contributed by atoms with van der Waals surface area (Å²) in [4.78, 5) is 0. The van der Waals surface area contributed by atoms with Crippen molar-refractivity contribution in [2.45, 2.75) is 0 Å². The number of pyridine rings is 1. The van der Waals surface area contributed by atoms with Crippen molar-refractivity contribution < 1.29 is 8.78 Å². The second-order valence-corrected chi connectivity index (χ2v) is 4.37. The van der Waals surface area contributed by atoms with Crippen LogP contribution in [0.15, 0.2) is 30.5 Å². The van der Waals surface area contributed by atoms with Gasteiger partial charge in [-0.3, -0.25) is 4.40 Å². The van der Waals surface area contributed by atoms with Gasteiger partial charge in [0.15, 0.2) is 11.5 Å². The van der Waals surface area contributed by atoms with Crippen LogP contribution in [0.4, 0.5) is 14.5 Å². The monoisotopic (exact) mass is 280 g/mol. The number of aromatic nitrogens is 3. The van der Waals surface area contributed by atoms with E-state index in [1.165, 1.54) is 10.6 Å². The Bertz CT molecular complexity index is 785. The molecule has 0 bridgehead atoms. The lowest BCUT2D eigenvalue weighted by atomic mass is 10.2. The van der Waals surface area contributed by atoms with Crippen LogP contribution in [-0.4, -0.2) is 14.6 Å². The van der Waals surface area contributed by atoms with Gasteiger partial charge >= 0.3 is 0 Å². The summed E-state index contributed by atoms with van der Waals surface area (Å²) in [5.74, 6) is -1.24. The predicted octanol–water partition coefficient (Wildman–Crippen LogP) is 2.91. The number of anilines is 1. The van der Waals surface area contributed by atoms with Crippen LogP contribution in [0.1, 0.15) is 0 Å². The topological polar surface area (TPSA) is 56.2 Å². The van der Waals surface area contributed by atoms with E-state index in [2.05, 4.69) is 10.2 Å². The van der Waals surface area contributed by atoms with Gasteiger partial charge in [0.2, 0.25) is 0 Å². The quantitative estimate of drug-likeness (QED) is 0.697. The molecule has 0 amide bonds. The summed E-state index contributed by atoms with van der Waals surface area (Å²) in [6.45, 7) is 0.